The molecule has 0 fully saturated rings. The quantitative estimate of drug-likeness (QED) is 0.774. The highest BCUT2D eigenvalue weighted by Crippen LogP contribution is 2.27. The van der Waals surface area contributed by atoms with Crippen LogP contribution in [0.5, 0.6) is 5.75 Å². The Balaban J connectivity index is 2.27. The normalized spacial score (nSPS) is 11.3. The molecule has 0 aliphatic rings. The first-order valence-corrected chi connectivity index (χ1v) is 6.34. The Morgan fingerprint density at radius 1 is 1.58 bits per heavy atom. The first kappa shape index (κ1) is 12.0. The molecule has 2 aromatic heterocycles. The van der Waals surface area contributed by atoms with Crippen LogP contribution >= 0.6 is 15.9 Å². The maximum absolute atomic E-state index is 10.8. The van der Waals surface area contributed by atoms with Crippen LogP contribution in [0.2, 0.25) is 0 Å². The van der Waals surface area contributed by atoms with Crippen molar-refractivity contribution in [2.75, 3.05) is 7.11 Å². The Morgan fingerprint density at radius 3 is 3.05 bits per heavy atom. The number of aromatic nitrogens is 3. The number of aromatic amines is 1. The number of carbonyl (C=O) groups is 1. The first-order chi connectivity index (χ1) is 9.10. The zero-order valence-electron chi connectivity index (χ0n) is 9.98. The van der Waals surface area contributed by atoms with E-state index >= 15 is 0 Å². The highest BCUT2D eigenvalue weighted by molar-refractivity contribution is 9.10. The molecule has 1 aromatic carbocycles. The van der Waals surface area contributed by atoms with E-state index in [0.29, 0.717) is 16.1 Å². The van der Waals surface area contributed by atoms with E-state index in [9.17, 15) is 4.79 Å². The lowest BCUT2D eigenvalue weighted by atomic mass is 10.3. The van der Waals surface area contributed by atoms with Crippen molar-refractivity contribution in [3.63, 3.8) is 0 Å². The fraction of sp³-hybridized carbons (Fsp3) is 0.167. The average Bonchev–Trinajstić information content (AvgIpc) is 2.86. The smallest absolute Gasteiger partial charge is 0.309 e. The third-order valence-electron chi connectivity index (χ3n) is 2.90. The van der Waals surface area contributed by atoms with E-state index in [0.717, 1.165) is 16.8 Å². The minimum atomic E-state index is -0.896. The summed E-state index contributed by atoms with van der Waals surface area (Å²) in [7, 11) is 1.60. The number of hydrogen-bond acceptors (Lipinski definition) is 3. The molecule has 0 unspecified atom stereocenters. The number of halogens is 1. The summed E-state index contributed by atoms with van der Waals surface area (Å²) < 4.78 is 7.69. The lowest BCUT2D eigenvalue weighted by Crippen LogP contribution is -2.01. The SMILES string of the molecule is COc1ccc2nc3[nH]c(CC(=O)O)c(Br)n3c2c1. The molecule has 3 aromatic rings. The van der Waals surface area contributed by atoms with E-state index in [1.54, 1.807) is 7.11 Å². The zero-order chi connectivity index (χ0) is 13.6. The molecule has 0 aliphatic carbocycles. The van der Waals surface area contributed by atoms with Gasteiger partial charge in [0.15, 0.2) is 0 Å². The molecule has 6 nitrogen and oxygen atoms in total. The van der Waals surface area contributed by atoms with Gasteiger partial charge in [-0.3, -0.25) is 9.20 Å². The maximum atomic E-state index is 10.8. The number of H-pyrrole nitrogens is 1. The van der Waals surface area contributed by atoms with Gasteiger partial charge in [-0.05, 0) is 28.1 Å². The lowest BCUT2D eigenvalue weighted by Gasteiger charge is -1.99. The van der Waals surface area contributed by atoms with Crippen LogP contribution < -0.4 is 4.74 Å². The molecule has 0 amide bonds. The number of nitrogens with one attached hydrogen (secondary N) is 1. The lowest BCUT2D eigenvalue weighted by molar-refractivity contribution is -0.136. The highest BCUT2D eigenvalue weighted by atomic mass is 79.9. The summed E-state index contributed by atoms with van der Waals surface area (Å²) in [5, 5.41) is 8.86. The fourth-order valence-electron chi connectivity index (χ4n) is 2.05. The molecule has 2 heterocycles. The van der Waals surface area contributed by atoms with Crippen LogP contribution in [0.3, 0.4) is 0 Å². The van der Waals surface area contributed by atoms with Gasteiger partial charge in [-0.1, -0.05) is 0 Å². The molecule has 19 heavy (non-hydrogen) atoms. The Kier molecular flexibility index (Phi) is 2.70. The number of ether oxygens (including phenoxy) is 1. The first-order valence-electron chi connectivity index (χ1n) is 5.54. The Morgan fingerprint density at radius 2 is 2.37 bits per heavy atom. The number of carboxylic acids is 1. The van der Waals surface area contributed by atoms with E-state index in [2.05, 4.69) is 25.9 Å². The molecule has 0 spiro atoms. The van der Waals surface area contributed by atoms with E-state index in [1.165, 1.54) is 0 Å². The number of rotatable bonds is 3. The number of methoxy groups -OCH3 is 1. The van der Waals surface area contributed by atoms with E-state index in [1.807, 2.05) is 22.6 Å². The predicted molar refractivity (Wildman–Crippen MR) is 72.6 cm³/mol. The van der Waals surface area contributed by atoms with Crippen LogP contribution in [0.1, 0.15) is 5.69 Å². The molecule has 2 N–H and O–H groups in total. The summed E-state index contributed by atoms with van der Waals surface area (Å²) in [5.41, 5.74) is 2.25. The molecular weight excluding hydrogens is 314 g/mol. The van der Waals surface area contributed by atoms with Crippen LogP contribution in [0.4, 0.5) is 0 Å². The second kappa shape index (κ2) is 4.27. The summed E-state index contributed by atoms with van der Waals surface area (Å²) in [4.78, 5) is 18.2. The number of benzene rings is 1. The van der Waals surface area contributed by atoms with Gasteiger partial charge in [0.05, 0.1) is 30.3 Å². The molecule has 0 saturated carbocycles. The molecule has 0 bridgehead atoms. The Hall–Kier alpha value is -2.02. The van der Waals surface area contributed by atoms with Crippen LogP contribution in [0, 0.1) is 0 Å². The van der Waals surface area contributed by atoms with Gasteiger partial charge >= 0.3 is 5.97 Å². The van der Waals surface area contributed by atoms with Gasteiger partial charge in [0.2, 0.25) is 5.78 Å². The largest absolute Gasteiger partial charge is 0.497 e. The minimum absolute atomic E-state index is 0.0879. The maximum Gasteiger partial charge on any atom is 0.309 e. The summed E-state index contributed by atoms with van der Waals surface area (Å²) in [6.07, 6.45) is -0.0879. The molecule has 3 rings (SSSR count). The molecule has 0 saturated heterocycles. The van der Waals surface area contributed by atoms with Crippen molar-refractivity contribution in [1.29, 1.82) is 0 Å². The van der Waals surface area contributed by atoms with Gasteiger partial charge in [-0.25, -0.2) is 4.98 Å². The van der Waals surface area contributed by atoms with Crippen LogP contribution in [-0.2, 0) is 11.2 Å². The van der Waals surface area contributed by atoms with Crippen molar-refractivity contribution >= 4 is 38.7 Å². The molecule has 0 aliphatic heterocycles. The number of imidazole rings is 2. The minimum Gasteiger partial charge on any atom is -0.497 e. The van der Waals surface area contributed by atoms with Gasteiger partial charge in [0.1, 0.15) is 10.4 Å². The number of fused-ring (bicyclic) bond motifs is 3. The van der Waals surface area contributed by atoms with Crippen LogP contribution in [0.15, 0.2) is 22.8 Å². The molecule has 0 radical (unpaired) electrons. The summed E-state index contributed by atoms with van der Waals surface area (Å²) in [5.74, 6) is 0.431. The van der Waals surface area contributed by atoms with Crippen molar-refractivity contribution in [2.24, 2.45) is 0 Å². The van der Waals surface area contributed by atoms with Gasteiger partial charge < -0.3 is 14.8 Å². The van der Waals surface area contributed by atoms with Crippen molar-refractivity contribution in [2.45, 2.75) is 6.42 Å². The second-order valence-corrected chi connectivity index (χ2v) is 4.84. The van der Waals surface area contributed by atoms with Gasteiger partial charge in [-0.2, -0.15) is 0 Å². The number of nitrogens with zero attached hydrogens (tertiary/aromatic N) is 2. The summed E-state index contributed by atoms with van der Waals surface area (Å²) in [6, 6.07) is 5.55. The Labute approximate surface area is 116 Å². The topological polar surface area (TPSA) is 79.6 Å². The van der Waals surface area contributed by atoms with E-state index in [-0.39, 0.29) is 6.42 Å². The molecular formula is C12H10BrN3O3. The predicted octanol–water partition coefficient (Wildman–Crippen LogP) is 2.21. The van der Waals surface area contributed by atoms with Gasteiger partial charge in [-0.15, -0.1) is 0 Å². The average molecular weight is 324 g/mol. The van der Waals surface area contributed by atoms with Crippen molar-refractivity contribution in [3.8, 4) is 5.75 Å². The number of aliphatic carboxylic acids is 1. The standard InChI is InChI=1S/C12H10BrN3O3/c1-19-6-2-3-7-9(4-6)16-11(13)8(5-10(17)18)15-12(16)14-7/h2-4H,5H2,1H3,(H,14,15)(H,17,18). The third kappa shape index (κ3) is 1.86. The number of hydrogen-bond donors (Lipinski definition) is 2. The fourth-order valence-corrected chi connectivity index (χ4v) is 2.65. The molecule has 98 valence electrons. The Bertz CT molecular complexity index is 790. The monoisotopic (exact) mass is 323 g/mol. The van der Waals surface area contributed by atoms with Crippen molar-refractivity contribution in [3.05, 3.63) is 28.5 Å². The van der Waals surface area contributed by atoms with E-state index < -0.39 is 5.97 Å². The van der Waals surface area contributed by atoms with E-state index in [4.69, 9.17) is 9.84 Å². The number of carboxylic acid groups (broad SMARTS) is 1. The highest BCUT2D eigenvalue weighted by Gasteiger charge is 2.16. The van der Waals surface area contributed by atoms with Gasteiger partial charge in [0.25, 0.3) is 0 Å². The zero-order valence-corrected chi connectivity index (χ0v) is 11.6. The van der Waals surface area contributed by atoms with Crippen molar-refractivity contribution < 1.29 is 14.6 Å². The van der Waals surface area contributed by atoms with Crippen LogP contribution in [-0.4, -0.2) is 32.6 Å². The summed E-state index contributed by atoms with van der Waals surface area (Å²) in [6.45, 7) is 0. The van der Waals surface area contributed by atoms with Gasteiger partial charge in [0, 0.05) is 6.07 Å². The third-order valence-corrected chi connectivity index (χ3v) is 3.73. The summed E-state index contributed by atoms with van der Waals surface area (Å²) >= 11 is 3.41. The van der Waals surface area contributed by atoms with Crippen LogP contribution in [0.25, 0.3) is 16.8 Å². The second-order valence-electron chi connectivity index (χ2n) is 4.09. The molecule has 7 heteroatoms. The molecule has 0 atom stereocenters. The van der Waals surface area contributed by atoms with Crippen molar-refractivity contribution in [1.82, 2.24) is 14.4 Å².